The summed E-state index contributed by atoms with van der Waals surface area (Å²) in [7, 11) is 0. The monoisotopic (exact) mass is 242 g/mol. The summed E-state index contributed by atoms with van der Waals surface area (Å²) in [5, 5.41) is 2.79. The molecule has 0 aliphatic rings. The highest BCUT2D eigenvalue weighted by molar-refractivity contribution is 5.93. The van der Waals surface area contributed by atoms with Crippen molar-refractivity contribution in [2.24, 2.45) is 0 Å². The molecule has 0 unspecified atom stereocenters. The molecule has 1 atom stereocenters. The van der Waals surface area contributed by atoms with E-state index in [2.05, 4.69) is 10.3 Å². The van der Waals surface area contributed by atoms with Gasteiger partial charge in [-0.25, -0.2) is 0 Å². The Bertz CT molecular complexity index is 590. The Hall–Kier alpha value is -2.36. The second-order valence-electron chi connectivity index (χ2n) is 4.02. The van der Waals surface area contributed by atoms with E-state index in [9.17, 15) is 9.59 Å². The Morgan fingerprint density at radius 2 is 1.89 bits per heavy atom. The number of hydrogen-bond acceptors (Lipinski definition) is 2. The van der Waals surface area contributed by atoms with Gasteiger partial charge < -0.3 is 10.3 Å². The molecule has 2 rings (SSSR count). The van der Waals surface area contributed by atoms with Crippen LogP contribution in [0.25, 0.3) is 0 Å². The molecule has 1 aromatic heterocycles. The number of aromatic amines is 1. The van der Waals surface area contributed by atoms with Crippen LogP contribution in [0.15, 0.2) is 53.5 Å². The van der Waals surface area contributed by atoms with E-state index >= 15 is 0 Å². The molecule has 0 bridgehead atoms. The van der Waals surface area contributed by atoms with Crippen LogP contribution in [-0.4, -0.2) is 10.9 Å². The summed E-state index contributed by atoms with van der Waals surface area (Å²) in [6.07, 6.45) is 1.50. The fourth-order valence-corrected chi connectivity index (χ4v) is 1.70. The van der Waals surface area contributed by atoms with E-state index in [-0.39, 0.29) is 23.1 Å². The van der Waals surface area contributed by atoms with Gasteiger partial charge in [0.1, 0.15) is 5.56 Å². The smallest absolute Gasteiger partial charge is 0.260 e. The van der Waals surface area contributed by atoms with Gasteiger partial charge in [-0.15, -0.1) is 0 Å². The molecule has 0 aliphatic heterocycles. The maximum absolute atomic E-state index is 11.9. The highest BCUT2D eigenvalue weighted by Gasteiger charge is 2.13. The minimum Gasteiger partial charge on any atom is -0.345 e. The van der Waals surface area contributed by atoms with Gasteiger partial charge in [0.2, 0.25) is 0 Å². The Morgan fingerprint density at radius 1 is 1.17 bits per heavy atom. The van der Waals surface area contributed by atoms with E-state index in [0.717, 1.165) is 5.56 Å². The average Bonchev–Trinajstić information content (AvgIpc) is 2.40. The van der Waals surface area contributed by atoms with Crippen LogP contribution < -0.4 is 10.9 Å². The lowest BCUT2D eigenvalue weighted by atomic mass is 10.1. The van der Waals surface area contributed by atoms with Crippen LogP contribution in [0.4, 0.5) is 0 Å². The number of nitrogens with one attached hydrogen (secondary N) is 2. The maximum atomic E-state index is 11.9. The van der Waals surface area contributed by atoms with Crippen LogP contribution in [0.2, 0.25) is 0 Å². The highest BCUT2D eigenvalue weighted by Crippen LogP contribution is 2.11. The van der Waals surface area contributed by atoms with Crippen molar-refractivity contribution in [2.75, 3.05) is 0 Å². The quantitative estimate of drug-likeness (QED) is 0.863. The minimum absolute atomic E-state index is 0.125. The van der Waals surface area contributed by atoms with Crippen LogP contribution in [-0.2, 0) is 0 Å². The van der Waals surface area contributed by atoms with Gasteiger partial charge in [0.25, 0.3) is 11.5 Å². The van der Waals surface area contributed by atoms with Gasteiger partial charge in [0.15, 0.2) is 0 Å². The third-order valence-corrected chi connectivity index (χ3v) is 2.71. The standard InChI is InChI=1S/C14H14N2O2/c1-10(11-6-3-2-4-7-11)16-14(18)12-8-5-9-15-13(12)17/h2-10H,1H3,(H,15,17)(H,16,18)/t10-/m0/s1. The molecule has 92 valence electrons. The number of benzene rings is 1. The van der Waals surface area contributed by atoms with Gasteiger partial charge in [-0.1, -0.05) is 30.3 Å². The zero-order valence-corrected chi connectivity index (χ0v) is 10.0. The normalized spacial score (nSPS) is 11.8. The number of hydrogen-bond donors (Lipinski definition) is 2. The van der Waals surface area contributed by atoms with Crippen molar-refractivity contribution in [3.05, 3.63) is 70.1 Å². The van der Waals surface area contributed by atoms with Crippen LogP contribution >= 0.6 is 0 Å². The van der Waals surface area contributed by atoms with Gasteiger partial charge in [-0.05, 0) is 24.6 Å². The van der Waals surface area contributed by atoms with Crippen molar-refractivity contribution in [2.45, 2.75) is 13.0 Å². The molecule has 0 aliphatic carbocycles. The fourth-order valence-electron chi connectivity index (χ4n) is 1.70. The van der Waals surface area contributed by atoms with Gasteiger partial charge in [0.05, 0.1) is 6.04 Å². The Balaban J connectivity index is 2.14. The van der Waals surface area contributed by atoms with Crippen molar-refractivity contribution in [1.29, 1.82) is 0 Å². The van der Waals surface area contributed by atoms with Gasteiger partial charge >= 0.3 is 0 Å². The maximum Gasteiger partial charge on any atom is 0.260 e. The van der Waals surface area contributed by atoms with Gasteiger partial charge in [-0.2, -0.15) is 0 Å². The van der Waals surface area contributed by atoms with E-state index in [4.69, 9.17) is 0 Å². The number of rotatable bonds is 3. The summed E-state index contributed by atoms with van der Waals surface area (Å²) in [4.78, 5) is 25.9. The molecule has 18 heavy (non-hydrogen) atoms. The number of aromatic nitrogens is 1. The first-order valence-corrected chi connectivity index (χ1v) is 5.72. The van der Waals surface area contributed by atoms with Crippen LogP contribution in [0.5, 0.6) is 0 Å². The largest absolute Gasteiger partial charge is 0.345 e. The molecule has 0 radical (unpaired) electrons. The molecular weight excluding hydrogens is 228 g/mol. The van der Waals surface area contributed by atoms with Crippen molar-refractivity contribution in [3.8, 4) is 0 Å². The van der Waals surface area contributed by atoms with E-state index in [1.807, 2.05) is 37.3 Å². The van der Waals surface area contributed by atoms with Gasteiger partial charge in [-0.3, -0.25) is 9.59 Å². The molecule has 4 nitrogen and oxygen atoms in total. The first kappa shape index (κ1) is 12.1. The third kappa shape index (κ3) is 2.66. The summed E-state index contributed by atoms with van der Waals surface area (Å²) in [5.74, 6) is -0.367. The molecular formula is C14H14N2O2. The lowest BCUT2D eigenvalue weighted by Crippen LogP contribution is -2.31. The first-order valence-electron chi connectivity index (χ1n) is 5.72. The van der Waals surface area contributed by atoms with E-state index < -0.39 is 0 Å². The summed E-state index contributed by atoms with van der Waals surface area (Å²) < 4.78 is 0. The zero-order chi connectivity index (χ0) is 13.0. The number of carbonyl (C=O) groups is 1. The topological polar surface area (TPSA) is 62.0 Å². The molecule has 0 saturated carbocycles. The van der Waals surface area contributed by atoms with Crippen molar-refractivity contribution in [3.63, 3.8) is 0 Å². The second-order valence-corrected chi connectivity index (χ2v) is 4.02. The summed E-state index contributed by atoms with van der Waals surface area (Å²) in [5.41, 5.74) is 0.744. The molecule has 0 fully saturated rings. The first-order chi connectivity index (χ1) is 8.68. The Kier molecular flexibility index (Phi) is 3.57. The number of carbonyl (C=O) groups excluding carboxylic acids is 1. The molecule has 4 heteroatoms. The molecule has 0 spiro atoms. The lowest BCUT2D eigenvalue weighted by Gasteiger charge is -2.13. The summed E-state index contributed by atoms with van der Waals surface area (Å²) in [6, 6.07) is 12.6. The predicted molar refractivity (Wildman–Crippen MR) is 69.4 cm³/mol. The third-order valence-electron chi connectivity index (χ3n) is 2.71. The SMILES string of the molecule is C[C@H](NC(=O)c1ccc[nH]c1=O)c1ccccc1. The fraction of sp³-hybridized carbons (Fsp3) is 0.143. The van der Waals surface area contributed by atoms with Crippen molar-refractivity contribution in [1.82, 2.24) is 10.3 Å². The van der Waals surface area contributed by atoms with Gasteiger partial charge in [0, 0.05) is 6.20 Å². The van der Waals surface area contributed by atoms with Crippen molar-refractivity contribution < 1.29 is 4.79 Å². The molecule has 1 amide bonds. The number of amides is 1. The minimum atomic E-state index is -0.379. The van der Waals surface area contributed by atoms with Crippen LogP contribution in [0.1, 0.15) is 28.9 Å². The van der Waals surface area contributed by atoms with Crippen LogP contribution in [0, 0.1) is 0 Å². The summed E-state index contributed by atoms with van der Waals surface area (Å²) >= 11 is 0. The molecule has 2 N–H and O–H groups in total. The highest BCUT2D eigenvalue weighted by atomic mass is 16.2. The molecule has 2 aromatic rings. The van der Waals surface area contributed by atoms with E-state index in [0.29, 0.717) is 0 Å². The van der Waals surface area contributed by atoms with Crippen molar-refractivity contribution >= 4 is 5.91 Å². The summed E-state index contributed by atoms with van der Waals surface area (Å²) in [6.45, 7) is 1.88. The van der Waals surface area contributed by atoms with E-state index in [1.54, 1.807) is 6.07 Å². The molecule has 1 heterocycles. The van der Waals surface area contributed by atoms with Crippen LogP contribution in [0.3, 0.4) is 0 Å². The second kappa shape index (κ2) is 5.31. The van der Waals surface area contributed by atoms with E-state index in [1.165, 1.54) is 12.3 Å². The Labute approximate surface area is 105 Å². The number of pyridine rings is 1. The predicted octanol–water partition coefficient (Wildman–Crippen LogP) is 1.87. The average molecular weight is 242 g/mol. The lowest BCUT2D eigenvalue weighted by molar-refractivity contribution is 0.0938. The Morgan fingerprint density at radius 3 is 2.56 bits per heavy atom. The number of H-pyrrole nitrogens is 1. The molecule has 0 saturated heterocycles. The molecule has 1 aromatic carbocycles. The zero-order valence-electron chi connectivity index (χ0n) is 10.0.